The van der Waals surface area contributed by atoms with Gasteiger partial charge in [0.15, 0.2) is 0 Å². The van der Waals surface area contributed by atoms with Crippen molar-refractivity contribution < 1.29 is 18.1 Å². The summed E-state index contributed by atoms with van der Waals surface area (Å²) in [5, 5.41) is 17.0. The monoisotopic (exact) mass is 331 g/mol. The van der Waals surface area contributed by atoms with Gasteiger partial charge < -0.3 is 10.6 Å². The molecule has 128 valence electrons. The first kappa shape index (κ1) is 17.5. The zero-order valence-corrected chi connectivity index (χ0v) is 12.8. The van der Waals surface area contributed by atoms with Crippen LogP contribution in [0.3, 0.4) is 0 Å². The Bertz CT molecular complexity index is 555. The van der Waals surface area contributed by atoms with Crippen LogP contribution in [0.15, 0.2) is 18.2 Å². The predicted molar refractivity (Wildman–Crippen MR) is 81.4 cm³/mol. The Morgan fingerprint density at radius 2 is 1.91 bits per heavy atom. The fourth-order valence-corrected chi connectivity index (χ4v) is 3.05. The number of nitrogens with zero attached hydrogens (tertiary/aromatic N) is 1. The van der Waals surface area contributed by atoms with E-state index in [9.17, 15) is 23.3 Å². The molecule has 0 atom stereocenters. The minimum atomic E-state index is -4.75. The third-order valence-corrected chi connectivity index (χ3v) is 4.21. The molecule has 1 aliphatic carbocycles. The average molecular weight is 331 g/mol. The van der Waals surface area contributed by atoms with Crippen LogP contribution < -0.4 is 10.6 Å². The molecule has 8 heteroatoms. The topological polar surface area (TPSA) is 67.2 Å². The molecule has 0 aliphatic heterocycles. The van der Waals surface area contributed by atoms with Crippen LogP contribution >= 0.6 is 0 Å². The lowest BCUT2D eigenvalue weighted by Crippen LogP contribution is -2.30. The van der Waals surface area contributed by atoms with E-state index in [1.165, 1.54) is 6.07 Å². The molecule has 0 spiro atoms. The first-order valence-electron chi connectivity index (χ1n) is 7.58. The highest BCUT2D eigenvalue weighted by Crippen LogP contribution is 2.38. The van der Waals surface area contributed by atoms with Crippen molar-refractivity contribution in [3.63, 3.8) is 0 Å². The van der Waals surface area contributed by atoms with Crippen molar-refractivity contribution in [3.05, 3.63) is 33.9 Å². The van der Waals surface area contributed by atoms with Crippen LogP contribution in [-0.4, -0.2) is 24.6 Å². The van der Waals surface area contributed by atoms with Gasteiger partial charge in [-0.1, -0.05) is 0 Å². The van der Waals surface area contributed by atoms with Gasteiger partial charge in [0.1, 0.15) is 5.56 Å². The number of benzene rings is 1. The summed E-state index contributed by atoms with van der Waals surface area (Å²) >= 11 is 0. The zero-order valence-electron chi connectivity index (χ0n) is 12.8. The third-order valence-electron chi connectivity index (χ3n) is 4.21. The third kappa shape index (κ3) is 4.57. The quantitative estimate of drug-likeness (QED) is 0.636. The molecule has 0 amide bonds. The average Bonchev–Trinajstić information content (AvgIpc) is 2.48. The summed E-state index contributed by atoms with van der Waals surface area (Å²) in [5.74, 6) is 0.598. The SMILES string of the molecule is CNCC1CCC(Nc2ccc([N+](=O)[O-])c(C(F)(F)F)c2)CC1. The molecule has 0 bridgehead atoms. The summed E-state index contributed by atoms with van der Waals surface area (Å²) in [7, 11) is 1.90. The lowest BCUT2D eigenvalue weighted by atomic mass is 9.86. The van der Waals surface area contributed by atoms with Crippen LogP contribution in [0.25, 0.3) is 0 Å². The number of rotatable bonds is 5. The van der Waals surface area contributed by atoms with Crippen molar-refractivity contribution in [1.82, 2.24) is 5.32 Å². The molecule has 1 aromatic carbocycles. The van der Waals surface area contributed by atoms with E-state index < -0.39 is 22.4 Å². The van der Waals surface area contributed by atoms with Gasteiger partial charge in [-0.05, 0) is 57.3 Å². The van der Waals surface area contributed by atoms with E-state index >= 15 is 0 Å². The standard InChI is InChI=1S/C15H20F3N3O2/c1-19-9-10-2-4-11(5-3-10)20-12-6-7-14(21(22)23)13(8-12)15(16,17)18/h6-8,10-11,19-20H,2-5,9H2,1H3. The Balaban J connectivity index is 2.08. The molecular formula is C15H20F3N3O2. The van der Waals surface area contributed by atoms with Crippen molar-refractivity contribution in [2.45, 2.75) is 37.9 Å². The molecule has 0 unspecified atom stereocenters. The summed E-state index contributed by atoms with van der Waals surface area (Å²) in [4.78, 5) is 9.74. The summed E-state index contributed by atoms with van der Waals surface area (Å²) in [5.41, 5.74) is -1.85. The highest BCUT2D eigenvalue weighted by Gasteiger charge is 2.38. The molecule has 0 saturated heterocycles. The molecule has 5 nitrogen and oxygen atoms in total. The number of alkyl halides is 3. The largest absolute Gasteiger partial charge is 0.423 e. The molecule has 0 aromatic heterocycles. The van der Waals surface area contributed by atoms with Gasteiger partial charge in [-0.25, -0.2) is 0 Å². The maximum Gasteiger partial charge on any atom is 0.423 e. The molecule has 1 fully saturated rings. The van der Waals surface area contributed by atoms with Crippen LogP contribution in [0.1, 0.15) is 31.2 Å². The second kappa shape index (κ2) is 7.16. The fraction of sp³-hybridized carbons (Fsp3) is 0.600. The highest BCUT2D eigenvalue weighted by atomic mass is 19.4. The van der Waals surface area contributed by atoms with Crippen LogP contribution in [0.2, 0.25) is 0 Å². The van der Waals surface area contributed by atoms with Crippen molar-refractivity contribution in [2.24, 2.45) is 5.92 Å². The lowest BCUT2D eigenvalue weighted by Gasteiger charge is -2.29. The van der Waals surface area contributed by atoms with Crippen LogP contribution in [0, 0.1) is 16.0 Å². The predicted octanol–water partition coefficient (Wildman–Crippen LogP) is 3.80. The van der Waals surface area contributed by atoms with Gasteiger partial charge in [0.05, 0.1) is 4.92 Å². The summed E-state index contributed by atoms with van der Waals surface area (Å²) < 4.78 is 38.9. The van der Waals surface area contributed by atoms with Crippen LogP contribution in [-0.2, 0) is 6.18 Å². The Morgan fingerprint density at radius 3 is 2.43 bits per heavy atom. The number of hydrogen-bond donors (Lipinski definition) is 2. The minimum absolute atomic E-state index is 0.102. The summed E-state index contributed by atoms with van der Waals surface area (Å²) in [6.07, 6.45) is -0.963. The number of nitro groups is 1. The van der Waals surface area contributed by atoms with Gasteiger partial charge in [0.25, 0.3) is 5.69 Å². The lowest BCUT2D eigenvalue weighted by molar-refractivity contribution is -0.388. The van der Waals surface area contributed by atoms with Crippen molar-refractivity contribution in [2.75, 3.05) is 18.9 Å². The van der Waals surface area contributed by atoms with Gasteiger partial charge in [-0.15, -0.1) is 0 Å². The first-order chi connectivity index (χ1) is 10.8. The second-order valence-corrected chi connectivity index (χ2v) is 5.91. The molecule has 2 rings (SSSR count). The van der Waals surface area contributed by atoms with E-state index in [0.29, 0.717) is 5.92 Å². The maximum absolute atomic E-state index is 13.0. The first-order valence-corrected chi connectivity index (χ1v) is 7.58. The number of nitro benzene ring substituents is 1. The van der Waals surface area contributed by atoms with Crippen LogP contribution in [0.5, 0.6) is 0 Å². The Kier molecular flexibility index (Phi) is 5.46. The van der Waals surface area contributed by atoms with Gasteiger partial charge in [-0.2, -0.15) is 13.2 Å². The van der Waals surface area contributed by atoms with Gasteiger partial charge in [0, 0.05) is 17.8 Å². The van der Waals surface area contributed by atoms with Crippen molar-refractivity contribution in [3.8, 4) is 0 Å². The molecule has 1 saturated carbocycles. The molecule has 1 aromatic rings. The molecule has 1 aliphatic rings. The van der Waals surface area contributed by atoms with Gasteiger partial charge in [-0.3, -0.25) is 10.1 Å². The van der Waals surface area contributed by atoms with E-state index in [2.05, 4.69) is 10.6 Å². The van der Waals surface area contributed by atoms with E-state index in [4.69, 9.17) is 0 Å². The fourth-order valence-electron chi connectivity index (χ4n) is 3.05. The summed E-state index contributed by atoms with van der Waals surface area (Å²) in [6.45, 7) is 0.947. The normalized spacial score (nSPS) is 21.9. The Hall–Kier alpha value is -1.83. The van der Waals surface area contributed by atoms with E-state index in [1.54, 1.807) is 0 Å². The Morgan fingerprint density at radius 1 is 1.26 bits per heavy atom. The van der Waals surface area contributed by atoms with Gasteiger partial charge in [0.2, 0.25) is 0 Å². The second-order valence-electron chi connectivity index (χ2n) is 5.91. The van der Waals surface area contributed by atoms with E-state index in [1.807, 2.05) is 7.05 Å². The highest BCUT2D eigenvalue weighted by molar-refractivity contribution is 5.55. The maximum atomic E-state index is 13.0. The number of halogens is 3. The molecular weight excluding hydrogens is 311 g/mol. The van der Waals surface area contributed by atoms with Gasteiger partial charge >= 0.3 is 6.18 Å². The molecule has 2 N–H and O–H groups in total. The van der Waals surface area contributed by atoms with Crippen molar-refractivity contribution >= 4 is 11.4 Å². The van der Waals surface area contributed by atoms with E-state index in [0.717, 1.165) is 44.4 Å². The van der Waals surface area contributed by atoms with E-state index in [-0.39, 0.29) is 11.7 Å². The number of nitrogens with one attached hydrogen (secondary N) is 2. The molecule has 0 radical (unpaired) electrons. The van der Waals surface area contributed by atoms with Crippen LogP contribution in [0.4, 0.5) is 24.5 Å². The minimum Gasteiger partial charge on any atom is -0.382 e. The summed E-state index contributed by atoms with van der Waals surface area (Å²) in [6, 6.07) is 3.19. The molecule has 0 heterocycles. The Labute approximate surface area is 132 Å². The zero-order chi connectivity index (χ0) is 17.0. The molecule has 23 heavy (non-hydrogen) atoms. The number of hydrogen-bond acceptors (Lipinski definition) is 4. The smallest absolute Gasteiger partial charge is 0.382 e. The van der Waals surface area contributed by atoms with Crippen molar-refractivity contribution in [1.29, 1.82) is 0 Å². The number of anilines is 1.